The van der Waals surface area contributed by atoms with Crippen LogP contribution in [0.4, 0.5) is 0 Å². The summed E-state index contributed by atoms with van der Waals surface area (Å²) in [5, 5.41) is 5.66. The first-order chi connectivity index (χ1) is 12.8. The molecular weight excluding hydrogens is 338 g/mol. The Morgan fingerprint density at radius 2 is 1.70 bits per heavy atom. The van der Waals surface area contributed by atoms with Gasteiger partial charge in [0.15, 0.2) is 0 Å². The molecule has 2 rings (SSSR count). The predicted molar refractivity (Wildman–Crippen MR) is 109 cm³/mol. The van der Waals surface area contributed by atoms with Crippen molar-refractivity contribution < 1.29 is 9.59 Å². The third-order valence-electron chi connectivity index (χ3n) is 4.72. The molecule has 0 heterocycles. The molecule has 0 aliphatic rings. The Balaban J connectivity index is 1.87. The van der Waals surface area contributed by atoms with Crippen LogP contribution in [0.15, 0.2) is 42.5 Å². The summed E-state index contributed by atoms with van der Waals surface area (Å²) in [7, 11) is 3.52. The largest absolute Gasteiger partial charge is 0.355 e. The second kappa shape index (κ2) is 9.33. The van der Waals surface area contributed by atoms with E-state index in [4.69, 9.17) is 0 Å². The molecule has 0 fully saturated rings. The van der Waals surface area contributed by atoms with Gasteiger partial charge in [0.1, 0.15) is 0 Å². The summed E-state index contributed by atoms with van der Waals surface area (Å²) in [6, 6.07) is 13.7. The molecule has 27 heavy (non-hydrogen) atoms. The van der Waals surface area contributed by atoms with Gasteiger partial charge >= 0.3 is 0 Å². The zero-order chi connectivity index (χ0) is 20.0. The van der Waals surface area contributed by atoms with Gasteiger partial charge in [-0.1, -0.05) is 30.3 Å². The highest BCUT2D eigenvalue weighted by Gasteiger charge is 2.13. The zero-order valence-electron chi connectivity index (χ0n) is 16.8. The normalized spacial score (nSPS) is 11.9. The number of amides is 2. The number of hydrogen-bond donors (Lipinski definition) is 2. The Labute approximate surface area is 161 Å². The average Bonchev–Trinajstić information content (AvgIpc) is 2.63. The molecule has 5 heteroatoms. The quantitative estimate of drug-likeness (QED) is 0.791. The topological polar surface area (TPSA) is 61.4 Å². The van der Waals surface area contributed by atoms with Gasteiger partial charge in [-0.25, -0.2) is 0 Å². The first kappa shape index (κ1) is 20.6. The van der Waals surface area contributed by atoms with E-state index < -0.39 is 0 Å². The minimum Gasteiger partial charge on any atom is -0.355 e. The highest BCUT2D eigenvalue weighted by Crippen LogP contribution is 2.16. The van der Waals surface area contributed by atoms with Crippen molar-refractivity contribution in [2.24, 2.45) is 0 Å². The predicted octanol–water partition coefficient (Wildman–Crippen LogP) is 2.97. The van der Waals surface area contributed by atoms with Crippen LogP contribution in [0.2, 0.25) is 0 Å². The average molecular weight is 367 g/mol. The van der Waals surface area contributed by atoms with Gasteiger partial charge in [-0.2, -0.15) is 0 Å². The SMILES string of the molecule is CNC(=O)c1ccc(CN(C)CC(=O)NC(C)c2ccc(C)c(C)c2)cc1. The van der Waals surface area contributed by atoms with E-state index in [2.05, 4.69) is 42.7 Å². The summed E-state index contributed by atoms with van der Waals surface area (Å²) in [4.78, 5) is 25.9. The summed E-state index contributed by atoms with van der Waals surface area (Å²) in [6.07, 6.45) is 0. The van der Waals surface area contributed by atoms with Gasteiger partial charge in [0.2, 0.25) is 5.91 Å². The lowest BCUT2D eigenvalue weighted by atomic mass is 10.0. The molecule has 1 atom stereocenters. The van der Waals surface area contributed by atoms with Gasteiger partial charge in [0.05, 0.1) is 12.6 Å². The number of benzene rings is 2. The lowest BCUT2D eigenvalue weighted by molar-refractivity contribution is -0.122. The van der Waals surface area contributed by atoms with E-state index in [0.29, 0.717) is 18.7 Å². The third-order valence-corrected chi connectivity index (χ3v) is 4.72. The summed E-state index contributed by atoms with van der Waals surface area (Å²) in [5.41, 5.74) is 5.27. The van der Waals surface area contributed by atoms with E-state index in [1.807, 2.05) is 31.0 Å². The van der Waals surface area contributed by atoms with E-state index in [-0.39, 0.29) is 17.9 Å². The van der Waals surface area contributed by atoms with Gasteiger partial charge in [0.25, 0.3) is 5.91 Å². The van der Waals surface area contributed by atoms with Crippen molar-refractivity contribution in [2.45, 2.75) is 33.4 Å². The molecule has 0 bridgehead atoms. The molecule has 1 unspecified atom stereocenters. The van der Waals surface area contributed by atoms with Gasteiger partial charge in [-0.05, 0) is 62.2 Å². The minimum atomic E-state index is -0.102. The monoisotopic (exact) mass is 367 g/mol. The van der Waals surface area contributed by atoms with Gasteiger partial charge < -0.3 is 10.6 Å². The maximum atomic E-state index is 12.4. The van der Waals surface area contributed by atoms with Gasteiger partial charge in [0, 0.05) is 19.2 Å². The van der Waals surface area contributed by atoms with E-state index in [1.54, 1.807) is 19.2 Å². The van der Waals surface area contributed by atoms with E-state index in [0.717, 1.165) is 11.1 Å². The number of carbonyl (C=O) groups excluding carboxylic acids is 2. The van der Waals surface area contributed by atoms with Crippen LogP contribution in [-0.4, -0.2) is 37.4 Å². The molecule has 2 amide bonds. The highest BCUT2D eigenvalue weighted by molar-refractivity contribution is 5.93. The van der Waals surface area contributed by atoms with E-state index >= 15 is 0 Å². The number of carbonyl (C=O) groups is 2. The summed E-state index contributed by atoms with van der Waals surface area (Å²) >= 11 is 0. The van der Waals surface area contributed by atoms with Crippen LogP contribution in [-0.2, 0) is 11.3 Å². The van der Waals surface area contributed by atoms with Crippen molar-refractivity contribution in [3.8, 4) is 0 Å². The molecule has 0 aliphatic heterocycles. The van der Waals surface area contributed by atoms with Crippen molar-refractivity contribution in [3.05, 3.63) is 70.3 Å². The molecule has 5 nitrogen and oxygen atoms in total. The lowest BCUT2D eigenvalue weighted by Crippen LogP contribution is -2.36. The third kappa shape index (κ3) is 5.93. The van der Waals surface area contributed by atoms with Crippen LogP contribution in [0.3, 0.4) is 0 Å². The number of hydrogen-bond acceptors (Lipinski definition) is 3. The first-order valence-electron chi connectivity index (χ1n) is 9.16. The molecule has 0 saturated heterocycles. The Bertz CT molecular complexity index is 800. The molecule has 0 aromatic heterocycles. The van der Waals surface area contributed by atoms with Crippen molar-refractivity contribution in [3.63, 3.8) is 0 Å². The summed E-state index contributed by atoms with van der Waals surface area (Å²) in [5.74, 6) is -0.111. The standard InChI is InChI=1S/C22H29N3O2/c1-15-6-9-20(12-16(15)2)17(3)24-21(26)14-25(5)13-18-7-10-19(11-8-18)22(27)23-4/h6-12,17H,13-14H2,1-5H3,(H,23,27)(H,24,26). The zero-order valence-corrected chi connectivity index (χ0v) is 16.8. The summed E-state index contributed by atoms with van der Waals surface area (Å²) in [6.45, 7) is 7.11. The Morgan fingerprint density at radius 3 is 2.30 bits per heavy atom. The van der Waals surface area contributed by atoms with Crippen molar-refractivity contribution in [1.29, 1.82) is 0 Å². The number of nitrogens with one attached hydrogen (secondary N) is 2. The fourth-order valence-electron chi connectivity index (χ4n) is 2.92. The second-order valence-electron chi connectivity index (χ2n) is 7.08. The summed E-state index contributed by atoms with van der Waals surface area (Å²) < 4.78 is 0. The lowest BCUT2D eigenvalue weighted by Gasteiger charge is -2.20. The fourth-order valence-corrected chi connectivity index (χ4v) is 2.92. The maximum absolute atomic E-state index is 12.4. The van der Waals surface area contributed by atoms with Crippen LogP contribution in [0.5, 0.6) is 0 Å². The molecule has 144 valence electrons. The number of likely N-dealkylation sites (N-methyl/N-ethyl adjacent to an activating group) is 1. The molecule has 0 saturated carbocycles. The fraction of sp³-hybridized carbons (Fsp3) is 0.364. The van der Waals surface area contributed by atoms with E-state index in [9.17, 15) is 9.59 Å². The molecule has 2 aromatic rings. The van der Waals surface area contributed by atoms with Crippen molar-refractivity contribution >= 4 is 11.8 Å². The molecule has 2 N–H and O–H groups in total. The van der Waals surface area contributed by atoms with Gasteiger partial charge in [-0.15, -0.1) is 0 Å². The molecule has 0 radical (unpaired) electrons. The van der Waals surface area contributed by atoms with Crippen LogP contribution < -0.4 is 10.6 Å². The number of aryl methyl sites for hydroxylation is 2. The maximum Gasteiger partial charge on any atom is 0.251 e. The Hall–Kier alpha value is -2.66. The second-order valence-corrected chi connectivity index (χ2v) is 7.08. The van der Waals surface area contributed by atoms with Crippen LogP contribution in [0, 0.1) is 13.8 Å². The highest BCUT2D eigenvalue weighted by atomic mass is 16.2. The number of nitrogens with zero attached hydrogens (tertiary/aromatic N) is 1. The molecule has 0 aliphatic carbocycles. The van der Waals surface area contributed by atoms with Crippen molar-refractivity contribution in [2.75, 3.05) is 20.6 Å². The Morgan fingerprint density at radius 1 is 1.04 bits per heavy atom. The number of rotatable bonds is 7. The first-order valence-corrected chi connectivity index (χ1v) is 9.16. The van der Waals surface area contributed by atoms with Gasteiger partial charge in [-0.3, -0.25) is 14.5 Å². The van der Waals surface area contributed by atoms with Crippen LogP contribution in [0.1, 0.15) is 45.6 Å². The van der Waals surface area contributed by atoms with Crippen LogP contribution in [0.25, 0.3) is 0 Å². The molecule has 2 aromatic carbocycles. The van der Waals surface area contributed by atoms with E-state index in [1.165, 1.54) is 11.1 Å². The Kier molecular flexibility index (Phi) is 7.13. The van der Waals surface area contributed by atoms with Crippen LogP contribution >= 0.6 is 0 Å². The molecule has 0 spiro atoms. The van der Waals surface area contributed by atoms with Crippen molar-refractivity contribution in [1.82, 2.24) is 15.5 Å². The molecular formula is C22H29N3O2. The smallest absolute Gasteiger partial charge is 0.251 e. The minimum absolute atomic E-state index is 0.00907.